The number of anilines is 1. The van der Waals surface area contributed by atoms with Crippen LogP contribution < -0.4 is 11.1 Å². The average Bonchev–Trinajstić information content (AvgIpc) is 2.53. The van der Waals surface area contributed by atoms with Gasteiger partial charge in [0.2, 0.25) is 0 Å². The van der Waals surface area contributed by atoms with E-state index >= 15 is 0 Å². The highest BCUT2D eigenvalue weighted by molar-refractivity contribution is 6.08. The molecule has 0 aliphatic carbocycles. The summed E-state index contributed by atoms with van der Waals surface area (Å²) in [6.45, 7) is 0. The summed E-state index contributed by atoms with van der Waals surface area (Å²) in [5.74, 6) is -2.18. The van der Waals surface area contributed by atoms with Gasteiger partial charge in [-0.1, -0.05) is 12.1 Å². The molecule has 0 unspecified atom stereocenters. The van der Waals surface area contributed by atoms with Crippen LogP contribution in [0.5, 0.6) is 0 Å². The van der Waals surface area contributed by atoms with Crippen molar-refractivity contribution in [3.05, 3.63) is 64.7 Å². The Morgan fingerprint density at radius 2 is 1.35 bits per heavy atom. The van der Waals surface area contributed by atoms with E-state index in [1.54, 1.807) is 0 Å². The van der Waals surface area contributed by atoms with Crippen LogP contribution >= 0.6 is 0 Å². The zero-order chi connectivity index (χ0) is 19.7. The second-order valence-electron chi connectivity index (χ2n) is 5.16. The summed E-state index contributed by atoms with van der Waals surface area (Å²) in [6, 6.07) is 5.78. The number of carbonyl (C=O) groups excluding carboxylic acids is 2. The van der Waals surface area contributed by atoms with Gasteiger partial charge in [0, 0.05) is 5.56 Å². The van der Waals surface area contributed by atoms with Crippen molar-refractivity contribution in [3.8, 4) is 0 Å². The molecule has 3 N–H and O–H groups in total. The fourth-order valence-electron chi connectivity index (χ4n) is 2.09. The first-order chi connectivity index (χ1) is 11.9. The maximum atomic E-state index is 12.8. The van der Waals surface area contributed by atoms with Gasteiger partial charge >= 0.3 is 12.4 Å². The Kier molecular flexibility index (Phi) is 4.97. The first-order valence-corrected chi connectivity index (χ1v) is 6.89. The lowest BCUT2D eigenvalue weighted by Crippen LogP contribution is -2.20. The summed E-state index contributed by atoms with van der Waals surface area (Å²) < 4.78 is 77.0. The second kappa shape index (κ2) is 6.70. The van der Waals surface area contributed by atoms with Gasteiger partial charge in [0.1, 0.15) is 0 Å². The number of nitrogens with one attached hydrogen (secondary N) is 1. The Labute approximate surface area is 142 Å². The van der Waals surface area contributed by atoms with Gasteiger partial charge in [-0.3, -0.25) is 9.59 Å². The number of alkyl halides is 6. The molecule has 0 aromatic heterocycles. The van der Waals surface area contributed by atoms with Gasteiger partial charge in [-0.05, 0) is 30.3 Å². The van der Waals surface area contributed by atoms with Crippen molar-refractivity contribution >= 4 is 17.5 Å². The van der Waals surface area contributed by atoms with Crippen LogP contribution in [0.1, 0.15) is 31.8 Å². The minimum atomic E-state index is -5.08. The molecule has 4 nitrogen and oxygen atoms in total. The van der Waals surface area contributed by atoms with Gasteiger partial charge in [-0.15, -0.1) is 0 Å². The zero-order valence-corrected chi connectivity index (χ0v) is 12.7. The minimum absolute atomic E-state index is 0.0892. The smallest absolute Gasteiger partial charge is 0.366 e. The first-order valence-electron chi connectivity index (χ1n) is 6.89. The summed E-state index contributed by atoms with van der Waals surface area (Å²) in [5, 5.41) is 2.09. The number of hydrogen-bond donors (Lipinski definition) is 2. The largest absolute Gasteiger partial charge is 0.416 e. The van der Waals surface area contributed by atoms with E-state index in [1.807, 2.05) is 0 Å². The van der Waals surface area contributed by atoms with Gasteiger partial charge in [-0.2, -0.15) is 26.3 Å². The topological polar surface area (TPSA) is 72.2 Å². The Morgan fingerprint density at radius 1 is 0.846 bits per heavy atom. The highest BCUT2D eigenvalue weighted by Gasteiger charge is 2.37. The standard InChI is InChI=1S/C16H10F6N2O2/c17-15(18,19)9-5-8(6-10(7-9)16(20,21)22)14(26)24-12-4-2-1-3-11(12)13(23)25/h1-7H,(H2,23,25)(H,24,26). The van der Waals surface area contributed by atoms with Gasteiger partial charge in [0.05, 0.1) is 22.4 Å². The number of halogens is 6. The van der Waals surface area contributed by atoms with E-state index < -0.39 is 40.9 Å². The van der Waals surface area contributed by atoms with Gasteiger partial charge in [0.25, 0.3) is 11.8 Å². The molecule has 2 aromatic carbocycles. The molecular formula is C16H10F6N2O2. The van der Waals surface area contributed by atoms with Crippen molar-refractivity contribution in [1.82, 2.24) is 0 Å². The van der Waals surface area contributed by atoms with Crippen molar-refractivity contribution < 1.29 is 35.9 Å². The number of hydrogen-bond acceptors (Lipinski definition) is 2. The molecule has 0 heterocycles. The lowest BCUT2D eigenvalue weighted by atomic mass is 10.0. The molecular weight excluding hydrogens is 366 g/mol. The molecule has 2 rings (SSSR count). The van der Waals surface area contributed by atoms with E-state index in [1.165, 1.54) is 24.3 Å². The van der Waals surface area contributed by atoms with Crippen LogP contribution in [0.2, 0.25) is 0 Å². The number of nitrogens with two attached hydrogens (primary N) is 1. The van der Waals surface area contributed by atoms with Crippen LogP contribution in [0, 0.1) is 0 Å². The molecule has 0 fully saturated rings. The van der Waals surface area contributed by atoms with E-state index in [4.69, 9.17) is 5.73 Å². The molecule has 0 saturated heterocycles. The third-order valence-corrected chi connectivity index (χ3v) is 3.29. The number of rotatable bonds is 3. The van der Waals surface area contributed by atoms with E-state index in [9.17, 15) is 35.9 Å². The number of primary amides is 1. The SMILES string of the molecule is NC(=O)c1ccccc1NC(=O)c1cc(C(F)(F)F)cc(C(F)(F)F)c1. The number of benzene rings is 2. The number of carbonyl (C=O) groups is 2. The monoisotopic (exact) mass is 376 g/mol. The quantitative estimate of drug-likeness (QED) is 0.793. The molecule has 0 spiro atoms. The van der Waals surface area contributed by atoms with E-state index in [0.29, 0.717) is 0 Å². The number of para-hydroxylation sites is 1. The van der Waals surface area contributed by atoms with E-state index in [0.717, 1.165) is 0 Å². The summed E-state index contributed by atoms with van der Waals surface area (Å²) >= 11 is 0. The zero-order valence-electron chi connectivity index (χ0n) is 12.7. The molecule has 138 valence electrons. The normalized spacial score (nSPS) is 11.9. The molecule has 2 aromatic rings. The lowest BCUT2D eigenvalue weighted by Gasteiger charge is -2.14. The lowest BCUT2D eigenvalue weighted by molar-refractivity contribution is -0.143. The molecule has 0 aliphatic rings. The molecule has 0 bridgehead atoms. The molecule has 10 heteroatoms. The molecule has 0 atom stereocenters. The summed E-state index contributed by atoms with van der Waals surface area (Å²) in [5.41, 5.74) is 0.694. The molecule has 0 radical (unpaired) electrons. The third-order valence-electron chi connectivity index (χ3n) is 3.29. The summed E-state index contributed by atoms with van der Waals surface area (Å²) in [7, 11) is 0. The predicted molar refractivity (Wildman–Crippen MR) is 79.4 cm³/mol. The molecule has 26 heavy (non-hydrogen) atoms. The fourth-order valence-corrected chi connectivity index (χ4v) is 2.09. The average molecular weight is 376 g/mol. The van der Waals surface area contributed by atoms with Crippen molar-refractivity contribution in [2.45, 2.75) is 12.4 Å². The van der Waals surface area contributed by atoms with Gasteiger partial charge < -0.3 is 11.1 Å². The van der Waals surface area contributed by atoms with E-state index in [2.05, 4.69) is 5.32 Å². The number of amides is 2. The van der Waals surface area contributed by atoms with Crippen LogP contribution in [0.25, 0.3) is 0 Å². The second-order valence-corrected chi connectivity index (χ2v) is 5.16. The van der Waals surface area contributed by atoms with Crippen LogP contribution in [-0.2, 0) is 12.4 Å². The Balaban J connectivity index is 2.48. The Hall–Kier alpha value is -3.04. The highest BCUT2D eigenvalue weighted by atomic mass is 19.4. The van der Waals surface area contributed by atoms with E-state index in [-0.39, 0.29) is 29.4 Å². The molecule has 2 amide bonds. The van der Waals surface area contributed by atoms with Crippen molar-refractivity contribution in [1.29, 1.82) is 0 Å². The van der Waals surface area contributed by atoms with Crippen LogP contribution in [0.4, 0.5) is 32.0 Å². The highest BCUT2D eigenvalue weighted by Crippen LogP contribution is 2.36. The maximum Gasteiger partial charge on any atom is 0.416 e. The van der Waals surface area contributed by atoms with Crippen molar-refractivity contribution in [3.63, 3.8) is 0 Å². The fraction of sp³-hybridized carbons (Fsp3) is 0.125. The summed E-state index contributed by atoms with van der Waals surface area (Å²) in [6.07, 6.45) is -10.2. The first kappa shape index (κ1) is 19.3. The van der Waals surface area contributed by atoms with Crippen molar-refractivity contribution in [2.75, 3.05) is 5.32 Å². The van der Waals surface area contributed by atoms with Crippen LogP contribution in [0.15, 0.2) is 42.5 Å². The van der Waals surface area contributed by atoms with Gasteiger partial charge in [0.15, 0.2) is 0 Å². The van der Waals surface area contributed by atoms with Gasteiger partial charge in [-0.25, -0.2) is 0 Å². The predicted octanol–water partition coefficient (Wildman–Crippen LogP) is 4.08. The third kappa shape index (κ3) is 4.32. The van der Waals surface area contributed by atoms with Crippen molar-refractivity contribution in [2.24, 2.45) is 5.73 Å². The minimum Gasteiger partial charge on any atom is -0.366 e. The summed E-state index contributed by atoms with van der Waals surface area (Å²) in [4.78, 5) is 23.4. The maximum absolute atomic E-state index is 12.8. The van der Waals surface area contributed by atoms with Crippen LogP contribution in [0.3, 0.4) is 0 Å². The Morgan fingerprint density at radius 3 is 1.81 bits per heavy atom. The molecule has 0 aliphatic heterocycles. The molecule has 0 saturated carbocycles. The van der Waals surface area contributed by atoms with Crippen LogP contribution in [-0.4, -0.2) is 11.8 Å². The Bertz CT molecular complexity index is 826.